The van der Waals surface area contributed by atoms with Crippen molar-refractivity contribution < 1.29 is 14.3 Å². The Labute approximate surface area is 163 Å². The van der Waals surface area contributed by atoms with E-state index in [1.165, 1.54) is 0 Å². The van der Waals surface area contributed by atoms with Gasteiger partial charge >= 0.3 is 0 Å². The lowest BCUT2D eigenvalue weighted by molar-refractivity contribution is 0.0945. The standard InChI is InChI=1S/C21H22N4O3/c1-14-23-18(21(26)22-13-15-7-5-4-6-8-15)12-20(24-14)25-17-11-16(27-2)9-10-19(17)28-3/h4-12H,13H2,1-3H3,(H,22,26)(H,23,24,25). The average molecular weight is 378 g/mol. The summed E-state index contributed by atoms with van der Waals surface area (Å²) < 4.78 is 10.6. The summed E-state index contributed by atoms with van der Waals surface area (Å²) in [4.78, 5) is 21.1. The van der Waals surface area contributed by atoms with Gasteiger partial charge < -0.3 is 20.1 Å². The lowest BCUT2D eigenvalue weighted by Crippen LogP contribution is -2.24. The highest BCUT2D eigenvalue weighted by atomic mass is 16.5. The van der Waals surface area contributed by atoms with Gasteiger partial charge in [0.25, 0.3) is 5.91 Å². The van der Waals surface area contributed by atoms with E-state index in [0.717, 1.165) is 5.56 Å². The maximum atomic E-state index is 12.5. The SMILES string of the molecule is COc1ccc(OC)c(Nc2cc(C(=O)NCc3ccccc3)nc(C)n2)c1. The highest BCUT2D eigenvalue weighted by molar-refractivity contribution is 5.93. The molecular weight excluding hydrogens is 356 g/mol. The van der Waals surface area contributed by atoms with Crippen molar-refractivity contribution in [1.82, 2.24) is 15.3 Å². The number of aryl methyl sites for hydroxylation is 1. The van der Waals surface area contributed by atoms with E-state index >= 15 is 0 Å². The molecule has 0 radical (unpaired) electrons. The van der Waals surface area contributed by atoms with Gasteiger partial charge in [0.1, 0.15) is 28.8 Å². The molecule has 0 spiro atoms. The quantitative estimate of drug-likeness (QED) is 0.655. The zero-order valence-electron chi connectivity index (χ0n) is 16.0. The fourth-order valence-corrected chi connectivity index (χ4v) is 2.67. The maximum absolute atomic E-state index is 12.5. The summed E-state index contributed by atoms with van der Waals surface area (Å²) in [5.41, 5.74) is 1.98. The summed E-state index contributed by atoms with van der Waals surface area (Å²) in [7, 11) is 3.18. The fraction of sp³-hybridized carbons (Fsp3) is 0.190. The number of carbonyl (C=O) groups excluding carboxylic acids is 1. The van der Waals surface area contributed by atoms with E-state index < -0.39 is 0 Å². The van der Waals surface area contributed by atoms with Crippen LogP contribution in [0.3, 0.4) is 0 Å². The summed E-state index contributed by atoms with van der Waals surface area (Å²) >= 11 is 0. The molecule has 0 saturated heterocycles. The molecule has 7 heteroatoms. The Hall–Kier alpha value is -3.61. The van der Waals surface area contributed by atoms with E-state index in [-0.39, 0.29) is 11.6 Å². The molecule has 0 aliphatic rings. The Bertz CT molecular complexity index is 961. The summed E-state index contributed by atoms with van der Waals surface area (Å²) in [6.07, 6.45) is 0. The molecule has 7 nitrogen and oxygen atoms in total. The maximum Gasteiger partial charge on any atom is 0.270 e. The summed E-state index contributed by atoms with van der Waals surface area (Å²) in [6.45, 7) is 2.16. The van der Waals surface area contributed by atoms with Crippen LogP contribution in [-0.2, 0) is 6.54 Å². The first-order valence-corrected chi connectivity index (χ1v) is 8.76. The molecule has 3 rings (SSSR count). The van der Waals surface area contributed by atoms with Gasteiger partial charge in [0.15, 0.2) is 0 Å². The van der Waals surface area contributed by atoms with Crippen molar-refractivity contribution in [1.29, 1.82) is 0 Å². The molecule has 0 aliphatic heterocycles. The molecule has 0 fully saturated rings. The highest BCUT2D eigenvalue weighted by Gasteiger charge is 2.12. The minimum absolute atomic E-state index is 0.269. The van der Waals surface area contributed by atoms with Gasteiger partial charge in [0, 0.05) is 18.7 Å². The number of rotatable bonds is 7. The Kier molecular flexibility index (Phi) is 6.06. The Morgan fingerprint density at radius 2 is 1.79 bits per heavy atom. The minimum atomic E-state index is -0.269. The van der Waals surface area contributed by atoms with Crippen LogP contribution in [0.15, 0.2) is 54.6 Å². The zero-order valence-corrected chi connectivity index (χ0v) is 16.0. The number of nitrogens with one attached hydrogen (secondary N) is 2. The number of aromatic nitrogens is 2. The Morgan fingerprint density at radius 1 is 1.00 bits per heavy atom. The van der Waals surface area contributed by atoms with Crippen molar-refractivity contribution in [2.45, 2.75) is 13.5 Å². The molecule has 1 heterocycles. The average Bonchev–Trinajstić information content (AvgIpc) is 2.72. The smallest absolute Gasteiger partial charge is 0.270 e. The van der Waals surface area contributed by atoms with Gasteiger partial charge in [-0.25, -0.2) is 9.97 Å². The number of anilines is 2. The lowest BCUT2D eigenvalue weighted by Gasteiger charge is -2.13. The summed E-state index contributed by atoms with van der Waals surface area (Å²) in [5, 5.41) is 6.04. The molecular formula is C21H22N4O3. The first-order valence-electron chi connectivity index (χ1n) is 8.76. The molecule has 0 unspecified atom stereocenters. The molecule has 144 valence electrons. The number of hydrogen-bond donors (Lipinski definition) is 2. The first kappa shape index (κ1) is 19.2. The van der Waals surface area contributed by atoms with Crippen LogP contribution < -0.4 is 20.1 Å². The van der Waals surface area contributed by atoms with E-state index in [9.17, 15) is 4.79 Å². The minimum Gasteiger partial charge on any atom is -0.497 e. The monoisotopic (exact) mass is 378 g/mol. The number of methoxy groups -OCH3 is 2. The van der Waals surface area contributed by atoms with Gasteiger partial charge in [-0.05, 0) is 24.6 Å². The summed E-state index contributed by atoms with van der Waals surface area (Å²) in [5.74, 6) is 2.01. The van der Waals surface area contributed by atoms with Crippen LogP contribution in [0.2, 0.25) is 0 Å². The first-order chi connectivity index (χ1) is 13.6. The molecule has 3 aromatic rings. The van der Waals surface area contributed by atoms with Crippen LogP contribution in [0, 0.1) is 6.92 Å². The van der Waals surface area contributed by atoms with Gasteiger partial charge in [-0.15, -0.1) is 0 Å². The third-order valence-electron chi connectivity index (χ3n) is 4.04. The highest BCUT2D eigenvalue weighted by Crippen LogP contribution is 2.31. The van der Waals surface area contributed by atoms with Crippen molar-refractivity contribution in [2.75, 3.05) is 19.5 Å². The van der Waals surface area contributed by atoms with Crippen molar-refractivity contribution in [3.05, 3.63) is 71.7 Å². The molecule has 0 saturated carbocycles. The Morgan fingerprint density at radius 3 is 2.50 bits per heavy atom. The molecule has 0 aliphatic carbocycles. The van der Waals surface area contributed by atoms with Crippen molar-refractivity contribution >= 4 is 17.4 Å². The van der Waals surface area contributed by atoms with Gasteiger partial charge in [0.2, 0.25) is 0 Å². The third kappa shape index (κ3) is 4.76. The number of nitrogens with zero attached hydrogens (tertiary/aromatic N) is 2. The van der Waals surface area contributed by atoms with E-state index in [4.69, 9.17) is 9.47 Å². The zero-order chi connectivity index (χ0) is 19.9. The van der Waals surface area contributed by atoms with Gasteiger partial charge in [-0.3, -0.25) is 4.79 Å². The number of carbonyl (C=O) groups is 1. The van der Waals surface area contributed by atoms with Crippen LogP contribution in [-0.4, -0.2) is 30.1 Å². The fourth-order valence-electron chi connectivity index (χ4n) is 2.67. The normalized spacial score (nSPS) is 10.2. The predicted octanol–water partition coefficient (Wildman–Crippen LogP) is 3.48. The molecule has 28 heavy (non-hydrogen) atoms. The molecule has 1 aromatic heterocycles. The van der Waals surface area contributed by atoms with E-state index in [1.54, 1.807) is 45.4 Å². The van der Waals surface area contributed by atoms with Crippen LogP contribution in [0.4, 0.5) is 11.5 Å². The molecule has 1 amide bonds. The second-order valence-corrected chi connectivity index (χ2v) is 6.05. The van der Waals surface area contributed by atoms with E-state index in [2.05, 4.69) is 20.6 Å². The van der Waals surface area contributed by atoms with Crippen LogP contribution in [0.25, 0.3) is 0 Å². The third-order valence-corrected chi connectivity index (χ3v) is 4.04. The molecule has 0 bridgehead atoms. The molecule has 2 aromatic carbocycles. The van der Waals surface area contributed by atoms with Gasteiger partial charge in [-0.1, -0.05) is 30.3 Å². The number of benzene rings is 2. The second-order valence-electron chi connectivity index (χ2n) is 6.05. The largest absolute Gasteiger partial charge is 0.497 e. The molecule has 0 atom stereocenters. The predicted molar refractivity (Wildman–Crippen MR) is 107 cm³/mol. The van der Waals surface area contributed by atoms with Crippen LogP contribution in [0.5, 0.6) is 11.5 Å². The van der Waals surface area contributed by atoms with Crippen molar-refractivity contribution in [2.24, 2.45) is 0 Å². The van der Waals surface area contributed by atoms with Crippen molar-refractivity contribution in [3.8, 4) is 11.5 Å². The van der Waals surface area contributed by atoms with Gasteiger partial charge in [0.05, 0.1) is 19.9 Å². The van der Waals surface area contributed by atoms with Crippen molar-refractivity contribution in [3.63, 3.8) is 0 Å². The number of amides is 1. The summed E-state index contributed by atoms with van der Waals surface area (Å²) in [6, 6.07) is 16.7. The van der Waals surface area contributed by atoms with E-state index in [1.807, 2.05) is 30.3 Å². The number of ether oxygens (including phenoxy) is 2. The lowest BCUT2D eigenvalue weighted by atomic mass is 10.2. The number of hydrogen-bond acceptors (Lipinski definition) is 6. The van der Waals surface area contributed by atoms with Gasteiger partial charge in [-0.2, -0.15) is 0 Å². The molecule has 2 N–H and O–H groups in total. The van der Waals surface area contributed by atoms with Crippen LogP contribution in [0.1, 0.15) is 21.9 Å². The topological polar surface area (TPSA) is 85.4 Å². The Balaban J connectivity index is 1.79. The van der Waals surface area contributed by atoms with E-state index in [0.29, 0.717) is 35.4 Å². The van der Waals surface area contributed by atoms with Crippen LogP contribution >= 0.6 is 0 Å². The second kappa shape index (κ2) is 8.85.